The van der Waals surface area contributed by atoms with E-state index in [0.717, 1.165) is 0 Å². The van der Waals surface area contributed by atoms with Gasteiger partial charge in [0.2, 0.25) is 17.7 Å². The van der Waals surface area contributed by atoms with Gasteiger partial charge in [-0.25, -0.2) is 10.2 Å². The third-order valence-electron chi connectivity index (χ3n) is 6.54. The quantitative estimate of drug-likeness (QED) is 0.308. The number of nitrogens with one attached hydrogen (secondary N) is 3. The maximum Gasteiger partial charge on any atom is 0.342 e. The number of nitrogens with zero attached hydrogens (tertiary/aromatic N) is 2. The second-order valence-electron chi connectivity index (χ2n) is 10.7. The van der Waals surface area contributed by atoms with Gasteiger partial charge < -0.3 is 19.8 Å². The molecular formula is C29H39N5O7. The van der Waals surface area contributed by atoms with Crippen LogP contribution >= 0.6 is 0 Å². The van der Waals surface area contributed by atoms with Crippen molar-refractivity contribution < 1.29 is 33.1 Å². The largest absolute Gasteiger partial charge is 0.463 e. The van der Waals surface area contributed by atoms with Gasteiger partial charge in [0, 0.05) is 43.9 Å². The summed E-state index contributed by atoms with van der Waals surface area (Å²) in [6.07, 6.45) is 5.96. The summed E-state index contributed by atoms with van der Waals surface area (Å²) in [5.41, 5.74) is 3.71. The molecule has 3 rings (SSSR count). The summed E-state index contributed by atoms with van der Waals surface area (Å²) >= 11 is 0. The van der Waals surface area contributed by atoms with Gasteiger partial charge >= 0.3 is 5.97 Å². The number of rotatable bonds is 13. The number of Topliss-reactive ketones (excluding diaryl/α,β-unsaturated/α-hetero) is 1. The summed E-state index contributed by atoms with van der Waals surface area (Å²) in [4.78, 5) is 67.9. The molecule has 0 aromatic carbocycles. The number of hydrogen-bond acceptors (Lipinski definition) is 9. The Kier molecular flexibility index (Phi) is 11.6. The summed E-state index contributed by atoms with van der Waals surface area (Å²) in [6, 6.07) is 3.12. The minimum atomic E-state index is -0.938. The maximum atomic E-state index is 13.3. The molecule has 2 aromatic heterocycles. The van der Waals surface area contributed by atoms with Gasteiger partial charge in [-0.15, -0.1) is 0 Å². The van der Waals surface area contributed by atoms with Crippen LogP contribution < -0.4 is 16.1 Å². The normalized spacial score (nSPS) is 15.9. The molecule has 12 heteroatoms. The summed E-state index contributed by atoms with van der Waals surface area (Å²) in [7, 11) is 0. The number of furan rings is 1. The van der Waals surface area contributed by atoms with E-state index in [2.05, 4.69) is 21.0 Å². The first-order chi connectivity index (χ1) is 19.6. The van der Waals surface area contributed by atoms with Crippen molar-refractivity contribution in [3.8, 4) is 11.3 Å². The molecule has 1 aliphatic heterocycles. The average Bonchev–Trinajstić information content (AvgIpc) is 3.44. The van der Waals surface area contributed by atoms with Crippen molar-refractivity contribution in [1.82, 2.24) is 26.1 Å². The van der Waals surface area contributed by atoms with E-state index < -0.39 is 36.4 Å². The van der Waals surface area contributed by atoms with Crippen LogP contribution in [0.15, 0.2) is 41.3 Å². The molecule has 0 aliphatic carbocycles. The van der Waals surface area contributed by atoms with E-state index in [4.69, 9.17) is 9.15 Å². The predicted octanol–water partition coefficient (Wildman–Crippen LogP) is 2.26. The molecule has 12 nitrogen and oxygen atoms in total. The average molecular weight is 570 g/mol. The van der Waals surface area contributed by atoms with E-state index in [1.165, 1.54) is 17.3 Å². The minimum Gasteiger partial charge on any atom is -0.463 e. The first-order valence-corrected chi connectivity index (χ1v) is 13.9. The monoisotopic (exact) mass is 569 g/mol. The molecule has 3 heterocycles. The maximum absolute atomic E-state index is 13.3. The first-order valence-electron chi connectivity index (χ1n) is 13.9. The fourth-order valence-electron chi connectivity index (χ4n) is 4.48. The molecule has 1 fully saturated rings. The molecule has 222 valence electrons. The highest BCUT2D eigenvalue weighted by molar-refractivity contribution is 5.98. The fraction of sp³-hybridized carbons (Fsp3) is 0.517. The van der Waals surface area contributed by atoms with Crippen LogP contribution in [0.1, 0.15) is 63.7 Å². The zero-order valence-corrected chi connectivity index (χ0v) is 24.0. The third kappa shape index (κ3) is 8.97. The highest BCUT2D eigenvalue weighted by Crippen LogP contribution is 2.24. The molecule has 0 bridgehead atoms. The van der Waals surface area contributed by atoms with Crippen LogP contribution in [0.5, 0.6) is 0 Å². The topological polar surface area (TPSA) is 160 Å². The van der Waals surface area contributed by atoms with Crippen molar-refractivity contribution in [2.45, 2.75) is 65.5 Å². The Balaban J connectivity index is 1.57. The molecule has 3 amide bonds. The Morgan fingerprint density at radius 2 is 1.95 bits per heavy atom. The standard InChI is InChI=1S/C29H39N5O7/c1-18(2)15-24(36)31-13-9-25(37)34-22(8-6-12-32-34)28(38)33-26(19(3)4)23(35)17-41-29(39)21-10-14-40-27(21)20-7-5-11-30-16-20/h5,7,10-11,14,16,18-19,22,26,32H,6,8-9,12-13,15,17H2,1-4H3,(H,31,36)(H,33,38). The molecule has 1 aliphatic rings. The van der Waals surface area contributed by atoms with E-state index in [1.54, 1.807) is 38.4 Å². The van der Waals surface area contributed by atoms with Crippen molar-refractivity contribution in [3.05, 3.63) is 42.4 Å². The van der Waals surface area contributed by atoms with Crippen LogP contribution in [0.4, 0.5) is 0 Å². The Hall–Kier alpha value is -4.06. The zero-order chi connectivity index (χ0) is 29.9. The number of esters is 1. The highest BCUT2D eigenvalue weighted by atomic mass is 16.5. The molecule has 0 radical (unpaired) electrons. The molecule has 2 unspecified atom stereocenters. The molecule has 41 heavy (non-hydrogen) atoms. The lowest BCUT2D eigenvalue weighted by molar-refractivity contribution is -0.147. The number of carbonyl (C=O) groups excluding carboxylic acids is 5. The van der Waals surface area contributed by atoms with E-state index in [0.29, 0.717) is 31.4 Å². The lowest BCUT2D eigenvalue weighted by Gasteiger charge is -2.36. The second-order valence-corrected chi connectivity index (χ2v) is 10.7. The van der Waals surface area contributed by atoms with Crippen LogP contribution in [0.2, 0.25) is 0 Å². The summed E-state index contributed by atoms with van der Waals surface area (Å²) in [5.74, 6) is -2.00. The molecule has 0 saturated carbocycles. The number of hydrogen-bond donors (Lipinski definition) is 3. The van der Waals surface area contributed by atoms with Gasteiger partial charge in [-0.2, -0.15) is 0 Å². The van der Waals surface area contributed by atoms with Crippen molar-refractivity contribution in [3.63, 3.8) is 0 Å². The van der Waals surface area contributed by atoms with Crippen molar-refractivity contribution in [2.75, 3.05) is 19.7 Å². The van der Waals surface area contributed by atoms with E-state index in [9.17, 15) is 24.0 Å². The highest BCUT2D eigenvalue weighted by Gasteiger charge is 2.35. The van der Waals surface area contributed by atoms with E-state index in [-0.39, 0.29) is 47.9 Å². The summed E-state index contributed by atoms with van der Waals surface area (Å²) < 4.78 is 10.7. The number of amides is 3. The smallest absolute Gasteiger partial charge is 0.342 e. The zero-order valence-electron chi connectivity index (χ0n) is 24.0. The number of hydrazine groups is 1. The van der Waals surface area contributed by atoms with Crippen molar-refractivity contribution in [2.24, 2.45) is 11.8 Å². The summed E-state index contributed by atoms with van der Waals surface area (Å²) in [5, 5.41) is 6.76. The number of ketones is 1. The van der Waals surface area contributed by atoms with Crippen LogP contribution in [-0.2, 0) is 23.9 Å². The fourth-order valence-corrected chi connectivity index (χ4v) is 4.48. The second kappa shape index (κ2) is 15.1. The molecule has 2 atom stereocenters. The van der Waals surface area contributed by atoms with Crippen LogP contribution in [-0.4, -0.2) is 71.2 Å². The number of aromatic nitrogens is 1. The van der Waals surface area contributed by atoms with Gasteiger partial charge in [0.1, 0.15) is 17.4 Å². The number of ether oxygens (including phenoxy) is 1. The number of pyridine rings is 1. The van der Waals surface area contributed by atoms with Gasteiger partial charge in [-0.3, -0.25) is 29.2 Å². The lowest BCUT2D eigenvalue weighted by Crippen LogP contribution is -2.61. The molecule has 0 spiro atoms. The summed E-state index contributed by atoms with van der Waals surface area (Å²) in [6.45, 7) is 7.53. The van der Waals surface area contributed by atoms with Gasteiger partial charge in [-0.1, -0.05) is 27.7 Å². The number of carbonyl (C=O) groups is 5. The Morgan fingerprint density at radius 1 is 1.17 bits per heavy atom. The van der Waals surface area contributed by atoms with Crippen molar-refractivity contribution in [1.29, 1.82) is 0 Å². The lowest BCUT2D eigenvalue weighted by atomic mass is 9.98. The Labute approximate surface area is 239 Å². The first kappa shape index (κ1) is 31.5. The van der Waals surface area contributed by atoms with Crippen LogP contribution in [0, 0.1) is 11.8 Å². The Bertz CT molecular complexity index is 1210. The molecule has 2 aromatic rings. The predicted molar refractivity (Wildman–Crippen MR) is 149 cm³/mol. The van der Waals surface area contributed by atoms with Gasteiger partial charge in [0.05, 0.1) is 12.3 Å². The Morgan fingerprint density at radius 3 is 2.63 bits per heavy atom. The van der Waals surface area contributed by atoms with Crippen LogP contribution in [0.3, 0.4) is 0 Å². The SMILES string of the molecule is CC(C)CC(=O)NCCC(=O)N1NCCCC1C(=O)NC(C(=O)COC(=O)c1ccoc1-c1cccnc1)C(C)C. The van der Waals surface area contributed by atoms with Gasteiger partial charge in [0.15, 0.2) is 12.4 Å². The van der Waals surface area contributed by atoms with Crippen molar-refractivity contribution >= 4 is 29.5 Å². The van der Waals surface area contributed by atoms with E-state index >= 15 is 0 Å². The third-order valence-corrected chi connectivity index (χ3v) is 6.54. The van der Waals surface area contributed by atoms with Gasteiger partial charge in [-0.05, 0) is 42.9 Å². The van der Waals surface area contributed by atoms with E-state index in [1.807, 2.05) is 13.8 Å². The minimum absolute atomic E-state index is 0.0259. The molecule has 3 N–H and O–H groups in total. The van der Waals surface area contributed by atoms with Gasteiger partial charge in [0.25, 0.3) is 0 Å². The molecule has 1 saturated heterocycles. The molecular weight excluding hydrogens is 530 g/mol. The van der Waals surface area contributed by atoms with Crippen LogP contribution in [0.25, 0.3) is 11.3 Å².